The monoisotopic (exact) mass is 296 g/mol. The second-order valence-electron chi connectivity index (χ2n) is 5.47. The number of carbonyl (C=O) groups excluding carboxylic acids is 1. The van der Waals surface area contributed by atoms with Crippen molar-refractivity contribution in [2.75, 3.05) is 30.4 Å². The van der Waals surface area contributed by atoms with Gasteiger partial charge in [0.2, 0.25) is 0 Å². The van der Waals surface area contributed by atoms with Gasteiger partial charge in [0.15, 0.2) is 5.78 Å². The van der Waals surface area contributed by atoms with Crippen molar-refractivity contribution in [3.05, 3.63) is 54.1 Å². The van der Waals surface area contributed by atoms with Crippen LogP contribution in [0.25, 0.3) is 0 Å². The summed E-state index contributed by atoms with van der Waals surface area (Å²) < 4.78 is 5.55. The van der Waals surface area contributed by atoms with Crippen LogP contribution in [0.15, 0.2) is 48.5 Å². The van der Waals surface area contributed by atoms with Gasteiger partial charge in [-0.1, -0.05) is 18.2 Å². The number of anilines is 2. The molecule has 4 heteroatoms. The molecule has 1 heterocycles. The van der Waals surface area contributed by atoms with Crippen LogP contribution in [0.5, 0.6) is 5.75 Å². The van der Waals surface area contributed by atoms with Crippen LogP contribution in [-0.4, -0.2) is 32.0 Å². The van der Waals surface area contributed by atoms with E-state index in [2.05, 4.69) is 5.32 Å². The number of nitrogens with zero attached hydrogens (tertiary/aromatic N) is 1. The molecule has 0 amide bonds. The maximum Gasteiger partial charge on any atom is 0.184 e. The molecule has 1 aliphatic rings. The van der Waals surface area contributed by atoms with Crippen LogP contribution in [0, 0.1) is 0 Å². The third kappa shape index (κ3) is 2.77. The lowest BCUT2D eigenvalue weighted by molar-refractivity contribution is 0.0966. The van der Waals surface area contributed by atoms with E-state index < -0.39 is 0 Å². The zero-order valence-corrected chi connectivity index (χ0v) is 12.9. The van der Waals surface area contributed by atoms with Crippen LogP contribution in [0.1, 0.15) is 17.3 Å². The number of ether oxygens (including phenoxy) is 1. The Bertz CT molecular complexity index is 670. The van der Waals surface area contributed by atoms with E-state index >= 15 is 0 Å². The number of nitrogens with one attached hydrogen (secondary N) is 1. The maximum absolute atomic E-state index is 12.7. The number of likely N-dealkylation sites (N-methyl/N-ethyl adjacent to an activating group) is 1. The van der Waals surface area contributed by atoms with Crippen LogP contribution < -0.4 is 15.0 Å². The fourth-order valence-corrected chi connectivity index (χ4v) is 2.60. The highest BCUT2D eigenvalue weighted by Gasteiger charge is 2.21. The van der Waals surface area contributed by atoms with E-state index in [0.717, 1.165) is 23.7 Å². The minimum atomic E-state index is -0.232. The molecule has 0 saturated heterocycles. The number of para-hydroxylation sites is 1. The zero-order valence-electron chi connectivity index (χ0n) is 12.9. The molecule has 0 radical (unpaired) electrons. The number of hydrogen-bond donors (Lipinski definition) is 1. The van der Waals surface area contributed by atoms with Gasteiger partial charge in [0.1, 0.15) is 12.4 Å². The van der Waals surface area contributed by atoms with Gasteiger partial charge in [-0.3, -0.25) is 4.79 Å². The topological polar surface area (TPSA) is 41.6 Å². The molecule has 1 N–H and O–H groups in total. The van der Waals surface area contributed by atoms with Crippen molar-refractivity contribution < 1.29 is 9.53 Å². The van der Waals surface area contributed by atoms with Crippen molar-refractivity contribution >= 4 is 17.2 Å². The summed E-state index contributed by atoms with van der Waals surface area (Å²) in [5.41, 5.74) is 2.63. The quantitative estimate of drug-likeness (QED) is 0.880. The van der Waals surface area contributed by atoms with Crippen molar-refractivity contribution in [2.24, 2.45) is 0 Å². The zero-order chi connectivity index (χ0) is 15.5. The highest BCUT2D eigenvalue weighted by Crippen LogP contribution is 2.29. The van der Waals surface area contributed by atoms with Gasteiger partial charge in [-0.05, 0) is 37.3 Å². The van der Waals surface area contributed by atoms with E-state index in [1.165, 1.54) is 0 Å². The highest BCUT2D eigenvalue weighted by molar-refractivity contribution is 6.02. The summed E-state index contributed by atoms with van der Waals surface area (Å²) in [6.45, 7) is 3.36. The first kappa shape index (κ1) is 14.4. The molecule has 1 atom stereocenters. The summed E-state index contributed by atoms with van der Waals surface area (Å²) in [6, 6.07) is 15.3. The Balaban J connectivity index is 1.81. The first-order valence-corrected chi connectivity index (χ1v) is 7.49. The lowest BCUT2D eigenvalue weighted by Gasteiger charge is -2.26. The van der Waals surface area contributed by atoms with Gasteiger partial charge in [-0.2, -0.15) is 0 Å². The number of Topliss-reactive ketones (excluding diaryl/α,β-unsaturated/α-hetero) is 1. The summed E-state index contributed by atoms with van der Waals surface area (Å²) in [5.74, 6) is 0.911. The van der Waals surface area contributed by atoms with Crippen molar-refractivity contribution in [3.8, 4) is 5.75 Å². The Labute approximate surface area is 130 Å². The third-order valence-electron chi connectivity index (χ3n) is 4.06. The molecule has 0 bridgehead atoms. The molecule has 0 aromatic heterocycles. The predicted octanol–water partition coefficient (Wildman–Crippen LogP) is 3.20. The molecule has 2 aromatic carbocycles. The molecular weight excluding hydrogens is 276 g/mol. The smallest absolute Gasteiger partial charge is 0.184 e. The molecule has 114 valence electrons. The highest BCUT2D eigenvalue weighted by atomic mass is 16.5. The molecule has 0 spiro atoms. The molecule has 0 saturated carbocycles. The van der Waals surface area contributed by atoms with Crippen LogP contribution >= 0.6 is 0 Å². The number of benzene rings is 2. The Morgan fingerprint density at radius 2 is 2.00 bits per heavy atom. The molecule has 1 unspecified atom stereocenters. The number of rotatable bonds is 4. The fraction of sp³-hybridized carbons (Fsp3) is 0.278. The molecular formula is C18H20N2O2. The van der Waals surface area contributed by atoms with Gasteiger partial charge in [0.25, 0.3) is 0 Å². The van der Waals surface area contributed by atoms with Crippen LogP contribution in [0.2, 0.25) is 0 Å². The number of ketones is 1. The van der Waals surface area contributed by atoms with E-state index in [0.29, 0.717) is 12.2 Å². The summed E-state index contributed by atoms with van der Waals surface area (Å²) in [7, 11) is 1.94. The fourth-order valence-electron chi connectivity index (χ4n) is 2.60. The Morgan fingerprint density at radius 3 is 2.77 bits per heavy atom. The lowest BCUT2D eigenvalue weighted by Crippen LogP contribution is -2.36. The van der Waals surface area contributed by atoms with E-state index in [-0.39, 0.29) is 11.8 Å². The predicted molar refractivity (Wildman–Crippen MR) is 89.1 cm³/mol. The molecule has 3 rings (SSSR count). The number of carbonyl (C=O) groups is 1. The van der Waals surface area contributed by atoms with E-state index in [4.69, 9.17) is 4.74 Å². The minimum Gasteiger partial charge on any atom is -0.490 e. The van der Waals surface area contributed by atoms with Gasteiger partial charge in [0.05, 0.1) is 11.7 Å². The van der Waals surface area contributed by atoms with E-state index in [1.807, 2.05) is 67.4 Å². The van der Waals surface area contributed by atoms with Crippen LogP contribution in [-0.2, 0) is 0 Å². The summed E-state index contributed by atoms with van der Waals surface area (Å²) in [4.78, 5) is 14.7. The average Bonchev–Trinajstić information content (AvgIpc) is 2.60. The van der Waals surface area contributed by atoms with Crippen molar-refractivity contribution in [2.45, 2.75) is 13.0 Å². The van der Waals surface area contributed by atoms with Gasteiger partial charge in [0, 0.05) is 24.8 Å². The van der Waals surface area contributed by atoms with Crippen molar-refractivity contribution in [1.82, 2.24) is 0 Å². The largest absolute Gasteiger partial charge is 0.490 e. The van der Waals surface area contributed by atoms with Crippen molar-refractivity contribution in [1.29, 1.82) is 0 Å². The second-order valence-corrected chi connectivity index (χ2v) is 5.47. The first-order chi connectivity index (χ1) is 10.7. The van der Waals surface area contributed by atoms with Gasteiger partial charge in [-0.15, -0.1) is 0 Å². The number of hydrogen-bond acceptors (Lipinski definition) is 4. The van der Waals surface area contributed by atoms with Crippen LogP contribution in [0.4, 0.5) is 11.4 Å². The standard InChI is InChI=1S/C18H20N2O2/c1-13(20(2)15-6-4-3-5-7-15)18(21)14-8-9-17-16(12-14)19-10-11-22-17/h3-9,12-13,19H,10-11H2,1-2H3. The summed E-state index contributed by atoms with van der Waals surface area (Å²) in [6.07, 6.45) is 0. The Hall–Kier alpha value is -2.49. The Morgan fingerprint density at radius 1 is 1.23 bits per heavy atom. The molecule has 4 nitrogen and oxygen atoms in total. The maximum atomic E-state index is 12.7. The van der Waals surface area contributed by atoms with Gasteiger partial charge < -0.3 is 15.0 Å². The first-order valence-electron chi connectivity index (χ1n) is 7.49. The molecule has 0 aliphatic carbocycles. The minimum absolute atomic E-state index is 0.0986. The van der Waals surface area contributed by atoms with Gasteiger partial charge >= 0.3 is 0 Å². The normalized spacial score (nSPS) is 14.3. The lowest BCUT2D eigenvalue weighted by atomic mass is 10.0. The van der Waals surface area contributed by atoms with Crippen molar-refractivity contribution in [3.63, 3.8) is 0 Å². The van der Waals surface area contributed by atoms with E-state index in [9.17, 15) is 4.79 Å². The van der Waals surface area contributed by atoms with E-state index in [1.54, 1.807) is 0 Å². The third-order valence-corrected chi connectivity index (χ3v) is 4.06. The Kier molecular flexibility index (Phi) is 4.00. The molecule has 22 heavy (non-hydrogen) atoms. The second kappa shape index (κ2) is 6.10. The molecule has 1 aliphatic heterocycles. The molecule has 0 fully saturated rings. The van der Waals surface area contributed by atoms with Crippen LogP contribution in [0.3, 0.4) is 0 Å². The number of fused-ring (bicyclic) bond motifs is 1. The SMILES string of the molecule is CC(C(=O)c1ccc2c(c1)NCCO2)N(C)c1ccccc1. The van der Waals surface area contributed by atoms with Gasteiger partial charge in [-0.25, -0.2) is 0 Å². The average molecular weight is 296 g/mol. The summed E-state index contributed by atoms with van der Waals surface area (Å²) >= 11 is 0. The summed E-state index contributed by atoms with van der Waals surface area (Å²) in [5, 5.41) is 3.27. The molecule has 2 aromatic rings.